The number of hydrogen-bond acceptors (Lipinski definition) is 5. The van der Waals surface area contributed by atoms with Gasteiger partial charge < -0.3 is 19.4 Å². The SMILES string of the molecule is COC[C@H](C)Nc1ncc2c(-c3cc(F)c4nc(C)cn4c3)c[nH]c2n1. The zero-order valence-electron chi connectivity index (χ0n) is 14.7. The quantitative estimate of drug-likeness (QED) is 0.575. The number of nitrogens with one attached hydrogen (secondary N) is 2. The number of pyridine rings is 1. The Labute approximate surface area is 149 Å². The molecule has 8 heteroatoms. The highest BCUT2D eigenvalue weighted by atomic mass is 19.1. The first-order valence-electron chi connectivity index (χ1n) is 8.30. The Bertz CT molecular complexity index is 1090. The van der Waals surface area contributed by atoms with Crippen LogP contribution in [0.3, 0.4) is 0 Å². The number of fused-ring (bicyclic) bond motifs is 2. The van der Waals surface area contributed by atoms with Crippen LogP contribution in [0.1, 0.15) is 12.6 Å². The van der Waals surface area contributed by atoms with Crippen LogP contribution in [0.5, 0.6) is 0 Å². The minimum atomic E-state index is -0.363. The summed E-state index contributed by atoms with van der Waals surface area (Å²) in [7, 11) is 1.65. The van der Waals surface area contributed by atoms with Crippen LogP contribution >= 0.6 is 0 Å². The molecule has 0 saturated heterocycles. The van der Waals surface area contributed by atoms with Gasteiger partial charge in [-0.05, 0) is 19.9 Å². The molecule has 0 amide bonds. The van der Waals surface area contributed by atoms with Crippen molar-refractivity contribution in [2.24, 2.45) is 0 Å². The first-order valence-corrected chi connectivity index (χ1v) is 8.30. The molecule has 4 rings (SSSR count). The number of nitrogens with zero attached hydrogens (tertiary/aromatic N) is 4. The average Bonchev–Trinajstić information content (AvgIpc) is 3.17. The molecule has 0 unspecified atom stereocenters. The molecule has 4 aromatic heterocycles. The van der Waals surface area contributed by atoms with Crippen LogP contribution in [-0.2, 0) is 4.74 Å². The second kappa shape index (κ2) is 6.38. The molecule has 2 N–H and O–H groups in total. The Morgan fingerprint density at radius 1 is 1.35 bits per heavy atom. The highest BCUT2D eigenvalue weighted by molar-refractivity contribution is 5.93. The molecule has 4 aromatic rings. The van der Waals surface area contributed by atoms with E-state index < -0.39 is 0 Å². The van der Waals surface area contributed by atoms with Crippen molar-refractivity contribution in [1.82, 2.24) is 24.3 Å². The van der Waals surface area contributed by atoms with E-state index in [9.17, 15) is 4.39 Å². The predicted octanol–water partition coefficient (Wildman–Crippen LogP) is 3.17. The second-order valence-corrected chi connectivity index (χ2v) is 6.35. The summed E-state index contributed by atoms with van der Waals surface area (Å²) >= 11 is 0. The van der Waals surface area contributed by atoms with E-state index in [0.717, 1.165) is 22.2 Å². The average molecular weight is 354 g/mol. The zero-order chi connectivity index (χ0) is 18.3. The van der Waals surface area contributed by atoms with Crippen molar-refractivity contribution < 1.29 is 9.13 Å². The van der Waals surface area contributed by atoms with Gasteiger partial charge in [-0.25, -0.2) is 14.4 Å². The molecule has 0 bridgehead atoms. The lowest BCUT2D eigenvalue weighted by molar-refractivity contribution is 0.190. The van der Waals surface area contributed by atoms with Gasteiger partial charge in [0.15, 0.2) is 11.5 Å². The van der Waals surface area contributed by atoms with Crippen LogP contribution < -0.4 is 5.32 Å². The molecule has 134 valence electrons. The molecular weight excluding hydrogens is 335 g/mol. The van der Waals surface area contributed by atoms with Gasteiger partial charge in [0.25, 0.3) is 0 Å². The van der Waals surface area contributed by atoms with Crippen LogP contribution in [-0.4, -0.2) is 44.1 Å². The van der Waals surface area contributed by atoms with Crippen LogP contribution in [0.15, 0.2) is 30.9 Å². The van der Waals surface area contributed by atoms with Crippen molar-refractivity contribution >= 4 is 22.6 Å². The van der Waals surface area contributed by atoms with E-state index in [4.69, 9.17) is 4.74 Å². The van der Waals surface area contributed by atoms with E-state index in [2.05, 4.69) is 25.3 Å². The Morgan fingerprint density at radius 3 is 3.00 bits per heavy atom. The maximum atomic E-state index is 14.4. The topological polar surface area (TPSA) is 80.1 Å². The van der Waals surface area contributed by atoms with Crippen molar-refractivity contribution in [3.8, 4) is 11.1 Å². The van der Waals surface area contributed by atoms with Crippen molar-refractivity contribution in [3.05, 3.63) is 42.4 Å². The summed E-state index contributed by atoms with van der Waals surface area (Å²) in [6.45, 7) is 4.38. The number of hydrogen-bond donors (Lipinski definition) is 2. The van der Waals surface area contributed by atoms with Gasteiger partial charge in [-0.3, -0.25) is 0 Å². The van der Waals surface area contributed by atoms with E-state index in [1.807, 2.05) is 26.2 Å². The van der Waals surface area contributed by atoms with Crippen LogP contribution in [0.25, 0.3) is 27.8 Å². The molecule has 4 heterocycles. The van der Waals surface area contributed by atoms with Gasteiger partial charge in [-0.15, -0.1) is 0 Å². The number of rotatable bonds is 5. The van der Waals surface area contributed by atoms with Gasteiger partial charge in [-0.2, -0.15) is 4.98 Å². The van der Waals surface area contributed by atoms with Crippen LogP contribution in [0.2, 0.25) is 0 Å². The molecule has 7 nitrogen and oxygen atoms in total. The number of imidazole rings is 1. The second-order valence-electron chi connectivity index (χ2n) is 6.35. The molecule has 0 aromatic carbocycles. The molecule has 0 aliphatic rings. The van der Waals surface area contributed by atoms with E-state index in [-0.39, 0.29) is 11.9 Å². The Morgan fingerprint density at radius 2 is 2.19 bits per heavy atom. The maximum Gasteiger partial charge on any atom is 0.224 e. The van der Waals surface area contributed by atoms with Gasteiger partial charge in [-0.1, -0.05) is 0 Å². The van der Waals surface area contributed by atoms with E-state index >= 15 is 0 Å². The van der Waals surface area contributed by atoms with Gasteiger partial charge in [0, 0.05) is 54.5 Å². The molecule has 0 aliphatic carbocycles. The number of aryl methyl sites for hydroxylation is 1. The standard InChI is InChI=1S/C18H19FN6O/c1-10-7-25-8-12(4-15(19)17(25)22-10)13-5-20-16-14(13)6-21-18(24-16)23-11(2)9-26-3/h4-8,11H,9H2,1-3H3,(H2,20,21,23,24)/t11-/m0/s1. The number of anilines is 1. The number of methoxy groups -OCH3 is 1. The third kappa shape index (κ3) is 2.88. The molecule has 0 aliphatic heterocycles. The fourth-order valence-electron chi connectivity index (χ4n) is 3.05. The first-order chi connectivity index (χ1) is 12.5. The minimum absolute atomic E-state index is 0.0906. The van der Waals surface area contributed by atoms with E-state index in [1.54, 1.807) is 23.9 Å². The largest absolute Gasteiger partial charge is 0.383 e. The summed E-state index contributed by atoms with van der Waals surface area (Å²) in [5, 5.41) is 4.00. The number of halogens is 1. The highest BCUT2D eigenvalue weighted by Crippen LogP contribution is 2.29. The number of aromatic amines is 1. The van der Waals surface area contributed by atoms with Gasteiger partial charge >= 0.3 is 0 Å². The third-order valence-corrected chi connectivity index (χ3v) is 4.16. The van der Waals surface area contributed by atoms with Crippen molar-refractivity contribution in [1.29, 1.82) is 0 Å². The highest BCUT2D eigenvalue weighted by Gasteiger charge is 2.13. The summed E-state index contributed by atoms with van der Waals surface area (Å²) in [5.41, 5.74) is 3.34. The molecular formula is C18H19FN6O. The first kappa shape index (κ1) is 16.5. The van der Waals surface area contributed by atoms with Gasteiger partial charge in [0.1, 0.15) is 5.65 Å². The van der Waals surface area contributed by atoms with E-state index in [1.165, 1.54) is 6.07 Å². The zero-order valence-corrected chi connectivity index (χ0v) is 14.7. The summed E-state index contributed by atoms with van der Waals surface area (Å²) in [4.78, 5) is 16.2. The number of ether oxygens (including phenoxy) is 1. The Hall–Kier alpha value is -3.00. The Balaban J connectivity index is 1.73. The smallest absolute Gasteiger partial charge is 0.224 e. The molecule has 1 atom stereocenters. The summed E-state index contributed by atoms with van der Waals surface area (Å²) < 4.78 is 21.2. The van der Waals surface area contributed by atoms with E-state index in [0.29, 0.717) is 23.8 Å². The molecule has 26 heavy (non-hydrogen) atoms. The van der Waals surface area contributed by atoms with Crippen LogP contribution in [0.4, 0.5) is 10.3 Å². The lowest BCUT2D eigenvalue weighted by atomic mass is 10.1. The third-order valence-electron chi connectivity index (χ3n) is 4.16. The fourth-order valence-corrected chi connectivity index (χ4v) is 3.05. The Kier molecular flexibility index (Phi) is 4.04. The molecule has 0 radical (unpaired) electrons. The maximum absolute atomic E-state index is 14.4. The molecule has 0 fully saturated rings. The van der Waals surface area contributed by atoms with Crippen molar-refractivity contribution in [2.75, 3.05) is 19.0 Å². The fraction of sp³-hybridized carbons (Fsp3) is 0.278. The summed E-state index contributed by atoms with van der Waals surface area (Å²) in [6.07, 6.45) is 7.20. The minimum Gasteiger partial charge on any atom is -0.383 e. The monoisotopic (exact) mass is 354 g/mol. The summed E-state index contributed by atoms with van der Waals surface area (Å²) in [5.74, 6) is 0.153. The number of aromatic nitrogens is 5. The molecule has 0 saturated carbocycles. The normalized spacial score (nSPS) is 12.8. The summed E-state index contributed by atoms with van der Waals surface area (Å²) in [6, 6.07) is 1.57. The lowest BCUT2D eigenvalue weighted by Gasteiger charge is -2.12. The predicted molar refractivity (Wildman–Crippen MR) is 97.7 cm³/mol. The van der Waals surface area contributed by atoms with Gasteiger partial charge in [0.2, 0.25) is 5.95 Å². The number of H-pyrrole nitrogens is 1. The lowest BCUT2D eigenvalue weighted by Crippen LogP contribution is -2.22. The molecule has 0 spiro atoms. The van der Waals surface area contributed by atoms with Crippen molar-refractivity contribution in [3.63, 3.8) is 0 Å². The van der Waals surface area contributed by atoms with Gasteiger partial charge in [0.05, 0.1) is 12.3 Å². The van der Waals surface area contributed by atoms with Crippen molar-refractivity contribution in [2.45, 2.75) is 19.9 Å². The van der Waals surface area contributed by atoms with Crippen LogP contribution in [0, 0.1) is 12.7 Å².